The van der Waals surface area contributed by atoms with Crippen molar-refractivity contribution in [1.82, 2.24) is 5.32 Å². The number of nitrogens with one attached hydrogen (secondary N) is 1. The molecule has 2 aliphatic rings. The van der Waals surface area contributed by atoms with Crippen molar-refractivity contribution in [2.45, 2.75) is 45.6 Å². The lowest BCUT2D eigenvalue weighted by Gasteiger charge is -2.32. The molecular formula is C17H25NO. The second-order valence-corrected chi connectivity index (χ2v) is 7.05. The van der Waals surface area contributed by atoms with Crippen LogP contribution >= 0.6 is 0 Å². The summed E-state index contributed by atoms with van der Waals surface area (Å²) in [5.74, 6) is 2.38. The van der Waals surface area contributed by atoms with Gasteiger partial charge in [-0.25, -0.2) is 0 Å². The van der Waals surface area contributed by atoms with Crippen LogP contribution in [0.1, 0.15) is 38.7 Å². The van der Waals surface area contributed by atoms with Crippen LogP contribution < -0.4 is 5.32 Å². The Hall–Kier alpha value is -1.02. The van der Waals surface area contributed by atoms with Gasteiger partial charge in [0.25, 0.3) is 0 Å². The molecule has 1 aromatic rings. The van der Waals surface area contributed by atoms with Gasteiger partial charge in [-0.05, 0) is 60.6 Å². The third-order valence-corrected chi connectivity index (χ3v) is 4.83. The molecule has 2 N–H and O–H groups in total. The van der Waals surface area contributed by atoms with Gasteiger partial charge in [-0.1, -0.05) is 26.0 Å². The fourth-order valence-electron chi connectivity index (χ4n) is 3.88. The molecule has 0 heterocycles. The van der Waals surface area contributed by atoms with E-state index < -0.39 is 0 Å². The molecule has 1 aromatic carbocycles. The zero-order chi connectivity index (χ0) is 13.5. The van der Waals surface area contributed by atoms with Crippen molar-refractivity contribution >= 4 is 0 Å². The molecule has 0 saturated heterocycles. The zero-order valence-electron chi connectivity index (χ0n) is 12.0. The minimum Gasteiger partial charge on any atom is -0.508 e. The third kappa shape index (κ3) is 2.94. The number of aromatic hydroxyl groups is 1. The molecule has 3 rings (SSSR count). The van der Waals surface area contributed by atoms with Crippen molar-refractivity contribution < 1.29 is 5.11 Å². The van der Waals surface area contributed by atoms with Gasteiger partial charge in [0, 0.05) is 12.6 Å². The molecule has 104 valence electrons. The Kier molecular flexibility index (Phi) is 3.30. The van der Waals surface area contributed by atoms with Crippen molar-refractivity contribution in [3.63, 3.8) is 0 Å². The van der Waals surface area contributed by atoms with Crippen LogP contribution in [0, 0.1) is 17.3 Å². The number of benzene rings is 1. The Morgan fingerprint density at radius 3 is 2.68 bits per heavy atom. The summed E-state index contributed by atoms with van der Waals surface area (Å²) in [6.45, 7) is 5.56. The lowest BCUT2D eigenvalue weighted by molar-refractivity contribution is 0.241. The van der Waals surface area contributed by atoms with Crippen LogP contribution in [0.4, 0.5) is 0 Å². The van der Waals surface area contributed by atoms with Crippen LogP contribution in [0.15, 0.2) is 24.3 Å². The average molecular weight is 259 g/mol. The zero-order valence-corrected chi connectivity index (χ0v) is 12.0. The fourth-order valence-corrected chi connectivity index (χ4v) is 3.88. The number of phenolic OH excluding ortho intramolecular Hbond substituents is 1. The van der Waals surface area contributed by atoms with Crippen molar-refractivity contribution in [3.8, 4) is 5.75 Å². The van der Waals surface area contributed by atoms with E-state index in [0.29, 0.717) is 17.2 Å². The van der Waals surface area contributed by atoms with E-state index in [9.17, 15) is 5.11 Å². The van der Waals surface area contributed by atoms with Crippen LogP contribution in [0.2, 0.25) is 0 Å². The monoisotopic (exact) mass is 259 g/mol. The Morgan fingerprint density at radius 1 is 1.32 bits per heavy atom. The third-order valence-electron chi connectivity index (χ3n) is 4.83. The van der Waals surface area contributed by atoms with Gasteiger partial charge in [0.15, 0.2) is 0 Å². The van der Waals surface area contributed by atoms with Crippen molar-refractivity contribution in [3.05, 3.63) is 29.8 Å². The lowest BCUT2D eigenvalue weighted by Crippen LogP contribution is -2.38. The maximum atomic E-state index is 9.63. The first-order valence-electron chi connectivity index (χ1n) is 7.58. The summed E-state index contributed by atoms with van der Waals surface area (Å²) < 4.78 is 0. The summed E-state index contributed by atoms with van der Waals surface area (Å²) in [6, 6.07) is 8.36. The summed E-state index contributed by atoms with van der Waals surface area (Å²) in [4.78, 5) is 0. The lowest BCUT2D eigenvalue weighted by atomic mass is 9.77. The van der Waals surface area contributed by atoms with Gasteiger partial charge in [-0.3, -0.25) is 0 Å². The largest absolute Gasteiger partial charge is 0.508 e. The molecule has 2 atom stereocenters. The highest BCUT2D eigenvalue weighted by molar-refractivity contribution is 5.28. The van der Waals surface area contributed by atoms with Crippen LogP contribution in [0.5, 0.6) is 5.75 Å². The van der Waals surface area contributed by atoms with Gasteiger partial charge in [-0.15, -0.1) is 0 Å². The van der Waals surface area contributed by atoms with Crippen LogP contribution in [0.25, 0.3) is 0 Å². The van der Waals surface area contributed by atoms with Crippen molar-refractivity contribution in [2.75, 3.05) is 6.54 Å². The predicted octanol–water partition coefficient (Wildman–Crippen LogP) is 3.35. The Labute approximate surface area is 116 Å². The number of phenols is 1. The second kappa shape index (κ2) is 4.82. The molecule has 0 bridgehead atoms. The minimum absolute atomic E-state index is 0.396. The molecule has 2 saturated carbocycles. The summed E-state index contributed by atoms with van der Waals surface area (Å²) >= 11 is 0. The molecule has 0 radical (unpaired) electrons. The molecule has 19 heavy (non-hydrogen) atoms. The number of hydrogen-bond acceptors (Lipinski definition) is 2. The molecule has 2 heteroatoms. The van der Waals surface area contributed by atoms with E-state index in [-0.39, 0.29) is 0 Å². The van der Waals surface area contributed by atoms with Gasteiger partial charge < -0.3 is 10.4 Å². The predicted molar refractivity (Wildman–Crippen MR) is 78.2 cm³/mol. The number of hydrogen-bond donors (Lipinski definition) is 2. The SMILES string of the molecule is CC(C)NCC1(Cc2cccc(O)c2)CC2CC2C1. The minimum atomic E-state index is 0.396. The standard InChI is InChI=1S/C17H25NO/c1-12(2)18-11-17(9-14-7-15(14)10-17)8-13-4-3-5-16(19)6-13/h3-6,12,14-15,18-19H,7-11H2,1-2H3. The molecule has 0 aliphatic heterocycles. The molecule has 2 nitrogen and oxygen atoms in total. The molecule has 0 aromatic heterocycles. The first-order chi connectivity index (χ1) is 9.06. The highest BCUT2D eigenvalue weighted by Gasteiger charge is 2.53. The maximum absolute atomic E-state index is 9.63. The van der Waals surface area contributed by atoms with Crippen molar-refractivity contribution in [2.24, 2.45) is 17.3 Å². The summed E-state index contributed by atoms with van der Waals surface area (Å²) in [7, 11) is 0. The van der Waals surface area contributed by atoms with Crippen LogP contribution in [0.3, 0.4) is 0 Å². The van der Waals surface area contributed by atoms with E-state index >= 15 is 0 Å². The molecule has 0 spiro atoms. The van der Waals surface area contributed by atoms with Gasteiger partial charge in [0.2, 0.25) is 0 Å². The molecule has 2 unspecified atom stereocenters. The van der Waals surface area contributed by atoms with Gasteiger partial charge >= 0.3 is 0 Å². The number of rotatable bonds is 5. The normalized spacial score (nSPS) is 32.6. The topological polar surface area (TPSA) is 32.3 Å². The van der Waals surface area contributed by atoms with E-state index in [4.69, 9.17) is 0 Å². The molecule has 2 fully saturated rings. The molecule has 2 aliphatic carbocycles. The van der Waals surface area contributed by atoms with Gasteiger partial charge in [-0.2, -0.15) is 0 Å². The highest BCUT2D eigenvalue weighted by Crippen LogP contribution is 2.60. The maximum Gasteiger partial charge on any atom is 0.115 e. The number of fused-ring (bicyclic) bond motifs is 1. The van der Waals surface area contributed by atoms with Crippen LogP contribution in [-0.4, -0.2) is 17.7 Å². The van der Waals surface area contributed by atoms with Crippen LogP contribution in [-0.2, 0) is 6.42 Å². The highest BCUT2D eigenvalue weighted by atomic mass is 16.3. The van der Waals surface area contributed by atoms with Gasteiger partial charge in [0.1, 0.15) is 5.75 Å². The van der Waals surface area contributed by atoms with E-state index in [2.05, 4.69) is 25.2 Å². The first-order valence-corrected chi connectivity index (χ1v) is 7.58. The second-order valence-electron chi connectivity index (χ2n) is 7.05. The average Bonchev–Trinajstić information content (AvgIpc) is 2.95. The first kappa shape index (κ1) is 13.0. The van der Waals surface area contributed by atoms with E-state index in [1.54, 1.807) is 6.07 Å². The van der Waals surface area contributed by atoms with Crippen molar-refractivity contribution in [1.29, 1.82) is 0 Å². The Balaban J connectivity index is 1.72. The Bertz CT molecular complexity index is 444. The summed E-state index contributed by atoms with van der Waals surface area (Å²) in [5.41, 5.74) is 1.71. The summed E-state index contributed by atoms with van der Waals surface area (Å²) in [6.07, 6.45) is 5.30. The Morgan fingerprint density at radius 2 is 2.05 bits per heavy atom. The van der Waals surface area contributed by atoms with E-state index in [1.165, 1.54) is 24.8 Å². The summed E-state index contributed by atoms with van der Waals surface area (Å²) in [5, 5.41) is 13.3. The smallest absolute Gasteiger partial charge is 0.115 e. The quantitative estimate of drug-likeness (QED) is 0.850. The molecule has 0 amide bonds. The fraction of sp³-hybridized carbons (Fsp3) is 0.647. The van der Waals surface area contributed by atoms with E-state index in [1.807, 2.05) is 12.1 Å². The molecular weight excluding hydrogens is 234 g/mol. The van der Waals surface area contributed by atoms with Gasteiger partial charge in [0.05, 0.1) is 0 Å². The van der Waals surface area contributed by atoms with E-state index in [0.717, 1.165) is 24.8 Å².